The van der Waals surface area contributed by atoms with Gasteiger partial charge in [-0.3, -0.25) is 9.59 Å². The summed E-state index contributed by atoms with van der Waals surface area (Å²) < 4.78 is 1.36. The number of amides is 1. The van der Waals surface area contributed by atoms with Crippen molar-refractivity contribution >= 4 is 5.91 Å². The predicted molar refractivity (Wildman–Crippen MR) is 95.8 cm³/mol. The molecule has 1 aromatic carbocycles. The average molecular weight is 327 g/mol. The highest BCUT2D eigenvalue weighted by Gasteiger charge is 2.06. The standard InChI is InChI=1S/C19H25N3O2/c1-14(2)10-12-20-18(23)11-13-22-19(24)9-8-17(21-22)16-6-4-15(3)5-7-16/h4-9,14H,10-13H2,1-3H3,(H,20,23). The van der Waals surface area contributed by atoms with Crippen molar-refractivity contribution in [3.05, 3.63) is 52.3 Å². The van der Waals surface area contributed by atoms with Crippen molar-refractivity contribution in [1.82, 2.24) is 15.1 Å². The third kappa shape index (κ3) is 5.33. The number of nitrogens with one attached hydrogen (secondary N) is 1. The molecule has 0 aliphatic carbocycles. The van der Waals surface area contributed by atoms with Crippen molar-refractivity contribution in [2.75, 3.05) is 6.54 Å². The minimum absolute atomic E-state index is 0.0508. The lowest BCUT2D eigenvalue weighted by molar-refractivity contribution is -0.121. The molecule has 1 heterocycles. The summed E-state index contributed by atoms with van der Waals surface area (Å²) in [6, 6.07) is 11.2. The summed E-state index contributed by atoms with van der Waals surface area (Å²) in [5.41, 5.74) is 2.66. The van der Waals surface area contributed by atoms with Crippen molar-refractivity contribution in [3.8, 4) is 11.3 Å². The van der Waals surface area contributed by atoms with Crippen molar-refractivity contribution in [1.29, 1.82) is 0 Å². The molecule has 0 aliphatic rings. The van der Waals surface area contributed by atoms with E-state index in [-0.39, 0.29) is 24.4 Å². The van der Waals surface area contributed by atoms with Crippen molar-refractivity contribution in [2.45, 2.75) is 40.2 Å². The first-order chi connectivity index (χ1) is 11.5. The maximum absolute atomic E-state index is 11.9. The van der Waals surface area contributed by atoms with Crippen LogP contribution in [0.15, 0.2) is 41.2 Å². The molecule has 0 saturated heterocycles. The van der Waals surface area contributed by atoms with Crippen LogP contribution in [0.2, 0.25) is 0 Å². The highest BCUT2D eigenvalue weighted by atomic mass is 16.2. The molecule has 0 atom stereocenters. The molecule has 1 N–H and O–H groups in total. The molecule has 1 aromatic heterocycles. The van der Waals surface area contributed by atoms with E-state index in [1.165, 1.54) is 16.3 Å². The van der Waals surface area contributed by atoms with Crippen LogP contribution in [-0.4, -0.2) is 22.2 Å². The Labute approximate surface area is 142 Å². The fourth-order valence-corrected chi connectivity index (χ4v) is 2.28. The number of aromatic nitrogens is 2. The van der Waals surface area contributed by atoms with E-state index < -0.39 is 0 Å². The maximum Gasteiger partial charge on any atom is 0.266 e. The van der Waals surface area contributed by atoms with Gasteiger partial charge in [-0.15, -0.1) is 0 Å². The number of aryl methyl sites for hydroxylation is 2. The van der Waals surface area contributed by atoms with Gasteiger partial charge in [-0.1, -0.05) is 43.7 Å². The van der Waals surface area contributed by atoms with E-state index in [2.05, 4.69) is 24.3 Å². The molecule has 0 radical (unpaired) electrons. The van der Waals surface area contributed by atoms with Gasteiger partial charge >= 0.3 is 0 Å². The van der Waals surface area contributed by atoms with E-state index in [1.807, 2.05) is 31.2 Å². The molecule has 128 valence electrons. The number of rotatable bonds is 7. The Hall–Kier alpha value is -2.43. The van der Waals surface area contributed by atoms with Gasteiger partial charge < -0.3 is 5.32 Å². The normalized spacial score (nSPS) is 10.8. The summed E-state index contributed by atoms with van der Waals surface area (Å²) >= 11 is 0. The second-order valence-corrected chi connectivity index (χ2v) is 6.43. The fourth-order valence-electron chi connectivity index (χ4n) is 2.28. The van der Waals surface area contributed by atoms with Crippen LogP contribution in [0.25, 0.3) is 11.3 Å². The van der Waals surface area contributed by atoms with Crippen LogP contribution in [-0.2, 0) is 11.3 Å². The number of carbonyl (C=O) groups excluding carboxylic acids is 1. The Balaban J connectivity index is 2.00. The average Bonchev–Trinajstić information content (AvgIpc) is 2.54. The van der Waals surface area contributed by atoms with Crippen LogP contribution in [0, 0.1) is 12.8 Å². The quantitative estimate of drug-likeness (QED) is 0.850. The van der Waals surface area contributed by atoms with Crippen molar-refractivity contribution in [3.63, 3.8) is 0 Å². The van der Waals surface area contributed by atoms with E-state index in [9.17, 15) is 9.59 Å². The summed E-state index contributed by atoms with van der Waals surface area (Å²) in [4.78, 5) is 23.8. The monoisotopic (exact) mass is 327 g/mol. The zero-order valence-corrected chi connectivity index (χ0v) is 14.6. The van der Waals surface area contributed by atoms with Gasteiger partial charge in [-0.25, -0.2) is 4.68 Å². The number of hydrogen-bond donors (Lipinski definition) is 1. The molecule has 0 unspecified atom stereocenters. The first-order valence-electron chi connectivity index (χ1n) is 8.37. The van der Waals surface area contributed by atoms with Gasteiger partial charge in [0.2, 0.25) is 5.91 Å². The molecule has 5 heteroatoms. The maximum atomic E-state index is 11.9. The SMILES string of the molecule is Cc1ccc(-c2ccc(=O)n(CCC(=O)NCCC(C)C)n2)cc1. The zero-order chi connectivity index (χ0) is 17.5. The molecule has 0 aliphatic heterocycles. The zero-order valence-electron chi connectivity index (χ0n) is 14.6. The molecule has 1 amide bonds. The second-order valence-electron chi connectivity index (χ2n) is 6.43. The molecule has 2 aromatic rings. The van der Waals surface area contributed by atoms with Crippen LogP contribution in [0.5, 0.6) is 0 Å². The van der Waals surface area contributed by atoms with Gasteiger partial charge in [0.1, 0.15) is 0 Å². The Morgan fingerprint density at radius 2 is 1.88 bits per heavy atom. The lowest BCUT2D eigenvalue weighted by atomic mass is 10.1. The molecule has 0 spiro atoms. The van der Waals surface area contributed by atoms with E-state index in [4.69, 9.17) is 0 Å². The Bertz CT molecular complexity index is 733. The van der Waals surface area contributed by atoms with Gasteiger partial charge in [0, 0.05) is 24.6 Å². The van der Waals surface area contributed by atoms with Crippen LogP contribution >= 0.6 is 0 Å². The summed E-state index contributed by atoms with van der Waals surface area (Å²) in [6.45, 7) is 7.21. The molecule has 0 bridgehead atoms. The molecule has 2 rings (SSSR count). The van der Waals surface area contributed by atoms with Gasteiger partial charge in [0.25, 0.3) is 5.56 Å². The van der Waals surface area contributed by atoms with Crippen molar-refractivity contribution in [2.24, 2.45) is 5.92 Å². The minimum atomic E-state index is -0.194. The van der Waals surface area contributed by atoms with Crippen LogP contribution in [0.1, 0.15) is 32.3 Å². The topological polar surface area (TPSA) is 64.0 Å². The van der Waals surface area contributed by atoms with Crippen molar-refractivity contribution < 1.29 is 4.79 Å². The smallest absolute Gasteiger partial charge is 0.266 e. The summed E-state index contributed by atoms with van der Waals surface area (Å²) in [7, 11) is 0. The first-order valence-corrected chi connectivity index (χ1v) is 8.37. The summed E-state index contributed by atoms with van der Waals surface area (Å²) in [5.74, 6) is 0.505. The Kier molecular flexibility index (Phi) is 6.29. The molecule has 24 heavy (non-hydrogen) atoms. The fraction of sp³-hybridized carbons (Fsp3) is 0.421. The van der Waals surface area contributed by atoms with Crippen LogP contribution < -0.4 is 10.9 Å². The predicted octanol–water partition coefficient (Wildman–Crippen LogP) is 2.77. The van der Waals surface area contributed by atoms with E-state index in [1.54, 1.807) is 6.07 Å². The first kappa shape index (κ1) is 17.9. The third-order valence-electron chi connectivity index (χ3n) is 3.81. The van der Waals surface area contributed by atoms with Crippen LogP contribution in [0.3, 0.4) is 0 Å². The molecule has 0 fully saturated rings. The third-order valence-corrected chi connectivity index (χ3v) is 3.81. The number of carbonyl (C=O) groups is 1. The molecule has 5 nitrogen and oxygen atoms in total. The Morgan fingerprint density at radius 3 is 2.54 bits per heavy atom. The largest absolute Gasteiger partial charge is 0.356 e. The van der Waals surface area contributed by atoms with E-state index >= 15 is 0 Å². The molecular formula is C19H25N3O2. The van der Waals surface area contributed by atoms with E-state index in [0.29, 0.717) is 12.5 Å². The number of nitrogens with zero attached hydrogens (tertiary/aromatic N) is 2. The minimum Gasteiger partial charge on any atom is -0.356 e. The molecule has 0 saturated carbocycles. The lowest BCUT2D eigenvalue weighted by Gasteiger charge is -2.09. The van der Waals surface area contributed by atoms with Gasteiger partial charge in [0.05, 0.1) is 12.2 Å². The molecular weight excluding hydrogens is 302 g/mol. The van der Waals surface area contributed by atoms with Crippen LogP contribution in [0.4, 0.5) is 0 Å². The summed E-state index contributed by atoms with van der Waals surface area (Å²) in [6.07, 6.45) is 1.20. The summed E-state index contributed by atoms with van der Waals surface area (Å²) in [5, 5.41) is 7.25. The highest BCUT2D eigenvalue weighted by Crippen LogP contribution is 2.15. The highest BCUT2D eigenvalue weighted by molar-refractivity contribution is 5.75. The Morgan fingerprint density at radius 1 is 1.17 bits per heavy atom. The van der Waals surface area contributed by atoms with Gasteiger partial charge in [-0.2, -0.15) is 5.10 Å². The number of benzene rings is 1. The second kappa shape index (κ2) is 8.43. The number of hydrogen-bond acceptors (Lipinski definition) is 3. The van der Waals surface area contributed by atoms with Gasteiger partial charge in [0.15, 0.2) is 0 Å². The lowest BCUT2D eigenvalue weighted by Crippen LogP contribution is -2.29. The van der Waals surface area contributed by atoms with Gasteiger partial charge in [-0.05, 0) is 25.3 Å². The van der Waals surface area contributed by atoms with E-state index in [0.717, 1.165) is 17.7 Å².